The number of carbonyl (C=O) groups is 2. The summed E-state index contributed by atoms with van der Waals surface area (Å²) in [6.07, 6.45) is 1.81. The molecule has 2 atom stereocenters. The van der Waals surface area contributed by atoms with E-state index in [1.807, 2.05) is 44.2 Å². The standard InChI is InChI=1S/C16H23NO4S/c1-12(2)11-14(15(18)19)17-16(20)21-9-10-22(3)13-7-5-4-6-8-13/h4-8,12,14H,9-11H2,1-3H3,(H-,17,18,19,20)/p+1/t14-,22?/m0/s1. The number of ether oxygens (including phenoxy) is 1. The highest BCUT2D eigenvalue weighted by atomic mass is 32.2. The number of carboxylic acid groups (broad SMARTS) is 1. The quantitative estimate of drug-likeness (QED) is 0.720. The van der Waals surface area contributed by atoms with Crippen molar-refractivity contribution in [2.45, 2.75) is 31.2 Å². The van der Waals surface area contributed by atoms with Gasteiger partial charge in [-0.15, -0.1) is 0 Å². The molecule has 2 N–H and O–H groups in total. The average molecular weight is 326 g/mol. The molecule has 0 saturated heterocycles. The molecule has 0 aromatic heterocycles. The fourth-order valence-corrected chi connectivity index (χ4v) is 3.10. The molecule has 0 radical (unpaired) electrons. The molecule has 6 heteroatoms. The van der Waals surface area contributed by atoms with Crippen LogP contribution in [0, 0.1) is 5.92 Å². The zero-order valence-corrected chi connectivity index (χ0v) is 14.1. The van der Waals surface area contributed by atoms with Gasteiger partial charge in [0.2, 0.25) is 0 Å². The lowest BCUT2D eigenvalue weighted by molar-refractivity contribution is -0.139. The number of rotatable bonds is 8. The van der Waals surface area contributed by atoms with E-state index in [9.17, 15) is 9.59 Å². The van der Waals surface area contributed by atoms with Crippen LogP contribution in [0.5, 0.6) is 0 Å². The number of nitrogens with one attached hydrogen (secondary N) is 1. The van der Waals surface area contributed by atoms with E-state index in [-0.39, 0.29) is 23.4 Å². The molecule has 22 heavy (non-hydrogen) atoms. The zero-order chi connectivity index (χ0) is 16.5. The SMILES string of the molecule is CC(C)C[C@H](NC(=O)OCC[S+](C)c1ccccc1)C(=O)O. The van der Waals surface area contributed by atoms with Gasteiger partial charge < -0.3 is 15.2 Å². The lowest BCUT2D eigenvalue weighted by atomic mass is 10.0. The first kappa shape index (κ1) is 18.4. The minimum atomic E-state index is -1.04. The Labute approximate surface area is 134 Å². The van der Waals surface area contributed by atoms with Crippen LogP contribution in [0.4, 0.5) is 4.79 Å². The maximum Gasteiger partial charge on any atom is 0.408 e. The second kappa shape index (κ2) is 9.35. The fourth-order valence-electron chi connectivity index (χ4n) is 1.91. The van der Waals surface area contributed by atoms with E-state index in [2.05, 4.69) is 11.6 Å². The van der Waals surface area contributed by atoms with E-state index in [1.165, 1.54) is 4.90 Å². The molecule has 0 aliphatic heterocycles. The van der Waals surface area contributed by atoms with E-state index in [4.69, 9.17) is 9.84 Å². The molecule has 0 heterocycles. The lowest BCUT2D eigenvalue weighted by Gasteiger charge is -2.16. The third-order valence-corrected chi connectivity index (χ3v) is 4.92. The maximum absolute atomic E-state index is 11.7. The fraction of sp³-hybridized carbons (Fsp3) is 0.500. The number of carbonyl (C=O) groups excluding carboxylic acids is 1. The van der Waals surface area contributed by atoms with Crippen molar-refractivity contribution >= 4 is 23.0 Å². The summed E-state index contributed by atoms with van der Waals surface area (Å²) in [7, 11) is -0.00174. The predicted octanol–water partition coefficient (Wildman–Crippen LogP) is 2.52. The predicted molar refractivity (Wildman–Crippen MR) is 88.2 cm³/mol. The molecule has 0 aliphatic rings. The first-order valence-corrected chi connectivity index (χ1v) is 9.04. The maximum atomic E-state index is 11.7. The summed E-state index contributed by atoms with van der Waals surface area (Å²) >= 11 is 0. The topological polar surface area (TPSA) is 75.6 Å². The van der Waals surface area contributed by atoms with Gasteiger partial charge in [-0.3, -0.25) is 0 Å². The van der Waals surface area contributed by atoms with E-state index >= 15 is 0 Å². The number of amides is 1. The molecule has 1 amide bonds. The number of carboxylic acids is 1. The Hall–Kier alpha value is -1.69. The van der Waals surface area contributed by atoms with E-state index < -0.39 is 18.1 Å². The number of alkyl carbamates (subject to hydrolysis) is 1. The van der Waals surface area contributed by atoms with Crippen molar-refractivity contribution in [3.8, 4) is 0 Å². The van der Waals surface area contributed by atoms with Crippen LogP contribution in [0.2, 0.25) is 0 Å². The largest absolute Gasteiger partial charge is 0.480 e. The van der Waals surface area contributed by atoms with Crippen molar-refractivity contribution in [3.05, 3.63) is 30.3 Å². The highest BCUT2D eigenvalue weighted by Gasteiger charge is 2.22. The summed E-state index contributed by atoms with van der Waals surface area (Å²) < 4.78 is 5.09. The van der Waals surface area contributed by atoms with Crippen LogP contribution in [0.3, 0.4) is 0 Å². The van der Waals surface area contributed by atoms with Crippen LogP contribution in [-0.4, -0.2) is 41.8 Å². The molecule has 1 aromatic rings. The lowest BCUT2D eigenvalue weighted by Crippen LogP contribution is -2.42. The van der Waals surface area contributed by atoms with Gasteiger partial charge in [0, 0.05) is 10.9 Å². The summed E-state index contributed by atoms with van der Waals surface area (Å²) in [5.41, 5.74) is 0. The van der Waals surface area contributed by atoms with Gasteiger partial charge in [0.05, 0.1) is 0 Å². The molecule has 0 saturated carbocycles. The Morgan fingerprint density at radius 2 is 1.91 bits per heavy atom. The van der Waals surface area contributed by atoms with Gasteiger partial charge >= 0.3 is 12.1 Å². The Balaban J connectivity index is 2.34. The first-order chi connectivity index (χ1) is 10.4. The molecule has 1 aromatic carbocycles. The second-order valence-electron chi connectivity index (χ2n) is 5.45. The van der Waals surface area contributed by atoms with Crippen LogP contribution >= 0.6 is 0 Å². The first-order valence-electron chi connectivity index (χ1n) is 7.23. The normalized spacial score (nSPS) is 13.5. The van der Waals surface area contributed by atoms with Gasteiger partial charge in [-0.05, 0) is 24.5 Å². The smallest absolute Gasteiger partial charge is 0.408 e. The highest BCUT2D eigenvalue weighted by Crippen LogP contribution is 2.10. The second-order valence-corrected chi connectivity index (χ2v) is 7.61. The molecule has 1 unspecified atom stereocenters. The molecular weight excluding hydrogens is 302 g/mol. The summed E-state index contributed by atoms with van der Waals surface area (Å²) in [5, 5.41) is 11.5. The highest BCUT2D eigenvalue weighted by molar-refractivity contribution is 7.96. The monoisotopic (exact) mass is 326 g/mol. The molecular formula is C16H24NO4S+. The Bertz CT molecular complexity index is 478. The summed E-state index contributed by atoms with van der Waals surface area (Å²) in [4.78, 5) is 23.9. The molecule has 122 valence electrons. The van der Waals surface area contributed by atoms with Gasteiger partial charge in [0.15, 0.2) is 4.90 Å². The van der Waals surface area contributed by atoms with Gasteiger partial charge in [-0.2, -0.15) is 0 Å². The molecule has 5 nitrogen and oxygen atoms in total. The number of aliphatic carboxylic acids is 1. The van der Waals surface area contributed by atoms with Gasteiger partial charge in [0.1, 0.15) is 24.7 Å². The zero-order valence-electron chi connectivity index (χ0n) is 13.2. The van der Waals surface area contributed by atoms with Gasteiger partial charge in [-0.1, -0.05) is 32.0 Å². The van der Waals surface area contributed by atoms with Crippen molar-refractivity contribution in [3.63, 3.8) is 0 Å². The van der Waals surface area contributed by atoms with Crippen LogP contribution in [-0.2, 0) is 20.4 Å². The van der Waals surface area contributed by atoms with Crippen LogP contribution in [0.25, 0.3) is 0 Å². The minimum Gasteiger partial charge on any atom is -0.480 e. The molecule has 0 fully saturated rings. The van der Waals surface area contributed by atoms with Crippen molar-refractivity contribution in [1.29, 1.82) is 0 Å². The Morgan fingerprint density at radius 3 is 2.45 bits per heavy atom. The van der Waals surface area contributed by atoms with E-state index in [1.54, 1.807) is 0 Å². The van der Waals surface area contributed by atoms with Crippen molar-refractivity contribution in [2.75, 3.05) is 18.6 Å². The number of hydrogen-bond donors (Lipinski definition) is 2. The van der Waals surface area contributed by atoms with Crippen LogP contribution in [0.15, 0.2) is 35.2 Å². The summed E-state index contributed by atoms with van der Waals surface area (Å²) in [6, 6.07) is 9.12. The molecule has 1 rings (SSSR count). The van der Waals surface area contributed by atoms with Crippen molar-refractivity contribution in [1.82, 2.24) is 5.32 Å². The van der Waals surface area contributed by atoms with Crippen LogP contribution < -0.4 is 5.32 Å². The summed E-state index contributed by atoms with van der Waals surface area (Å²) in [6.45, 7) is 4.09. The third kappa shape index (κ3) is 6.85. The number of benzene rings is 1. The molecule has 0 bridgehead atoms. The number of hydrogen-bond acceptors (Lipinski definition) is 3. The molecule has 0 aliphatic carbocycles. The van der Waals surface area contributed by atoms with E-state index in [0.717, 1.165) is 5.75 Å². The van der Waals surface area contributed by atoms with Crippen molar-refractivity contribution in [2.24, 2.45) is 5.92 Å². The van der Waals surface area contributed by atoms with Crippen LogP contribution in [0.1, 0.15) is 20.3 Å². The average Bonchev–Trinajstić information content (AvgIpc) is 2.46. The van der Waals surface area contributed by atoms with E-state index in [0.29, 0.717) is 6.42 Å². The minimum absolute atomic E-state index is 0.00174. The van der Waals surface area contributed by atoms with Gasteiger partial charge in [-0.25, -0.2) is 9.59 Å². The summed E-state index contributed by atoms with van der Waals surface area (Å²) in [5.74, 6) is -0.134. The molecule has 0 spiro atoms. The Morgan fingerprint density at radius 1 is 1.27 bits per heavy atom. The van der Waals surface area contributed by atoms with Crippen molar-refractivity contribution < 1.29 is 19.4 Å². The Kier molecular flexibility index (Phi) is 7.80. The van der Waals surface area contributed by atoms with Gasteiger partial charge in [0.25, 0.3) is 0 Å². The third-order valence-electron chi connectivity index (χ3n) is 3.07.